The maximum Gasteiger partial charge on any atom is 0.191 e. The third-order valence-corrected chi connectivity index (χ3v) is 5.58. The van der Waals surface area contributed by atoms with E-state index in [1.54, 1.807) is 7.05 Å². The molecule has 0 aliphatic heterocycles. The Morgan fingerprint density at radius 1 is 1.03 bits per heavy atom. The Morgan fingerprint density at radius 2 is 1.66 bits per heavy atom. The fourth-order valence-corrected chi connectivity index (χ4v) is 3.73. The van der Waals surface area contributed by atoms with Crippen molar-refractivity contribution in [2.24, 2.45) is 4.99 Å². The van der Waals surface area contributed by atoms with E-state index in [1.165, 1.54) is 5.56 Å². The molecule has 2 atom stereocenters. The summed E-state index contributed by atoms with van der Waals surface area (Å²) in [5.74, 6) is 1.91. The number of halogens is 1. The average Bonchev–Trinajstić information content (AvgIpc) is 2.73. The van der Waals surface area contributed by atoms with E-state index in [0.29, 0.717) is 24.7 Å². The Labute approximate surface area is 194 Å². The maximum atomic E-state index is 12.2. The minimum absolute atomic E-state index is 0. The van der Waals surface area contributed by atoms with Gasteiger partial charge < -0.3 is 15.4 Å². The van der Waals surface area contributed by atoms with Crippen molar-refractivity contribution >= 4 is 40.7 Å². The highest BCUT2D eigenvalue weighted by Gasteiger charge is 2.05. The Kier molecular flexibility index (Phi) is 13.6. The van der Waals surface area contributed by atoms with Crippen molar-refractivity contribution < 1.29 is 8.95 Å². The molecule has 0 spiro atoms. The van der Waals surface area contributed by atoms with E-state index in [2.05, 4.69) is 34.7 Å². The lowest BCUT2D eigenvalue weighted by Crippen LogP contribution is -2.39. The van der Waals surface area contributed by atoms with Gasteiger partial charge >= 0.3 is 0 Å². The van der Waals surface area contributed by atoms with E-state index in [4.69, 9.17) is 4.74 Å². The van der Waals surface area contributed by atoms with Crippen molar-refractivity contribution in [2.45, 2.75) is 25.2 Å². The maximum absolute atomic E-state index is 12.2. The van der Waals surface area contributed by atoms with E-state index in [9.17, 15) is 4.21 Å². The van der Waals surface area contributed by atoms with E-state index < -0.39 is 10.8 Å². The van der Waals surface area contributed by atoms with Gasteiger partial charge in [0.05, 0.1) is 6.10 Å². The quantitative estimate of drug-likeness (QED) is 0.201. The van der Waals surface area contributed by atoms with E-state index in [-0.39, 0.29) is 30.1 Å². The van der Waals surface area contributed by atoms with Crippen molar-refractivity contribution in [1.29, 1.82) is 0 Å². The molecule has 0 radical (unpaired) electrons. The van der Waals surface area contributed by atoms with Gasteiger partial charge in [-0.1, -0.05) is 60.7 Å². The molecule has 0 saturated heterocycles. The fraction of sp³-hybridized carbons (Fsp3) is 0.409. The van der Waals surface area contributed by atoms with Gasteiger partial charge in [0.25, 0.3) is 0 Å². The van der Waals surface area contributed by atoms with Crippen LogP contribution in [0.3, 0.4) is 0 Å². The second-order valence-corrected chi connectivity index (χ2v) is 8.05. The van der Waals surface area contributed by atoms with Crippen LogP contribution in [0, 0.1) is 0 Å². The highest BCUT2D eigenvalue weighted by molar-refractivity contribution is 14.0. The van der Waals surface area contributed by atoms with Gasteiger partial charge in [-0.25, -0.2) is 0 Å². The molecule has 0 aliphatic rings. The first-order chi connectivity index (χ1) is 13.7. The van der Waals surface area contributed by atoms with Crippen LogP contribution in [-0.4, -0.2) is 42.7 Å². The van der Waals surface area contributed by atoms with Gasteiger partial charge in [-0.3, -0.25) is 9.20 Å². The lowest BCUT2D eigenvalue weighted by molar-refractivity contribution is 0.0646. The molecule has 2 rings (SSSR count). The van der Waals surface area contributed by atoms with Crippen LogP contribution in [0.2, 0.25) is 0 Å². The molecule has 7 heteroatoms. The SMILES string of the molecule is CN=C(NCCCOC(C)c1ccccc1)NCCS(=O)Cc1ccccc1.I. The molecule has 0 aliphatic carbocycles. The smallest absolute Gasteiger partial charge is 0.191 e. The number of nitrogens with one attached hydrogen (secondary N) is 2. The molecule has 0 fully saturated rings. The zero-order valence-corrected chi connectivity index (χ0v) is 20.3. The summed E-state index contributed by atoms with van der Waals surface area (Å²) >= 11 is 0. The minimum atomic E-state index is -0.887. The predicted octanol–water partition coefficient (Wildman–Crippen LogP) is 3.89. The first kappa shape index (κ1) is 25.6. The normalized spacial score (nSPS) is 13.2. The lowest BCUT2D eigenvalue weighted by Gasteiger charge is -2.15. The van der Waals surface area contributed by atoms with Gasteiger partial charge in [0.2, 0.25) is 0 Å². The second-order valence-electron chi connectivity index (χ2n) is 6.48. The molecular formula is C22H32IN3O2S. The number of rotatable bonds is 11. The predicted molar refractivity (Wildman–Crippen MR) is 133 cm³/mol. The number of benzene rings is 2. The van der Waals surface area contributed by atoms with Gasteiger partial charge in [-0.15, -0.1) is 24.0 Å². The first-order valence-corrected chi connectivity index (χ1v) is 11.2. The average molecular weight is 529 g/mol. The third kappa shape index (κ3) is 10.8. The number of ether oxygens (including phenoxy) is 1. The highest BCUT2D eigenvalue weighted by Crippen LogP contribution is 2.15. The zero-order valence-electron chi connectivity index (χ0n) is 17.2. The molecule has 2 aromatic carbocycles. The summed E-state index contributed by atoms with van der Waals surface area (Å²) in [7, 11) is 0.853. The molecule has 2 N–H and O–H groups in total. The summed E-state index contributed by atoms with van der Waals surface area (Å²) in [5.41, 5.74) is 2.30. The molecule has 0 heterocycles. The molecule has 2 aromatic rings. The van der Waals surface area contributed by atoms with Crippen LogP contribution in [0.4, 0.5) is 0 Å². The van der Waals surface area contributed by atoms with Gasteiger partial charge in [0, 0.05) is 49.0 Å². The minimum Gasteiger partial charge on any atom is -0.374 e. The largest absolute Gasteiger partial charge is 0.374 e. The van der Waals surface area contributed by atoms with Crippen LogP contribution >= 0.6 is 24.0 Å². The van der Waals surface area contributed by atoms with Crippen molar-refractivity contribution in [3.8, 4) is 0 Å². The highest BCUT2D eigenvalue weighted by atomic mass is 127. The monoisotopic (exact) mass is 529 g/mol. The third-order valence-electron chi connectivity index (χ3n) is 4.27. The molecule has 0 bridgehead atoms. The zero-order chi connectivity index (χ0) is 20.0. The van der Waals surface area contributed by atoms with Gasteiger partial charge in [0.15, 0.2) is 5.96 Å². The van der Waals surface area contributed by atoms with E-state index in [0.717, 1.165) is 24.5 Å². The van der Waals surface area contributed by atoms with Crippen LogP contribution in [0.15, 0.2) is 65.7 Å². The Bertz CT molecular complexity index is 729. The summed E-state index contributed by atoms with van der Waals surface area (Å²) in [6.07, 6.45) is 0.982. The Balaban J connectivity index is 0.00000420. The molecule has 5 nitrogen and oxygen atoms in total. The number of aliphatic imine (C=N–C) groups is 1. The number of guanidine groups is 1. The number of hydrogen-bond acceptors (Lipinski definition) is 3. The summed E-state index contributed by atoms with van der Waals surface area (Å²) in [6, 6.07) is 20.2. The van der Waals surface area contributed by atoms with Gasteiger partial charge in [-0.2, -0.15) is 0 Å². The molecular weight excluding hydrogens is 497 g/mol. The summed E-state index contributed by atoms with van der Waals surface area (Å²) < 4.78 is 18.0. The number of hydrogen-bond donors (Lipinski definition) is 2. The molecule has 0 saturated carbocycles. The van der Waals surface area contributed by atoms with Crippen molar-refractivity contribution in [2.75, 3.05) is 32.5 Å². The number of nitrogens with zero attached hydrogens (tertiary/aromatic N) is 1. The second kappa shape index (κ2) is 15.4. The van der Waals surface area contributed by atoms with Crippen molar-refractivity contribution in [3.63, 3.8) is 0 Å². The summed E-state index contributed by atoms with van der Waals surface area (Å²) in [4.78, 5) is 4.20. The first-order valence-electron chi connectivity index (χ1n) is 9.69. The Morgan fingerprint density at radius 3 is 2.31 bits per heavy atom. The van der Waals surface area contributed by atoms with Crippen LogP contribution in [0.25, 0.3) is 0 Å². The fourth-order valence-electron chi connectivity index (χ4n) is 2.70. The molecule has 29 heavy (non-hydrogen) atoms. The van der Waals surface area contributed by atoms with E-state index >= 15 is 0 Å². The van der Waals surface area contributed by atoms with Crippen LogP contribution in [0.1, 0.15) is 30.6 Å². The molecule has 2 unspecified atom stereocenters. The van der Waals surface area contributed by atoms with Crippen molar-refractivity contribution in [3.05, 3.63) is 71.8 Å². The molecule has 160 valence electrons. The van der Waals surface area contributed by atoms with Crippen LogP contribution in [0.5, 0.6) is 0 Å². The van der Waals surface area contributed by atoms with Crippen LogP contribution in [-0.2, 0) is 21.3 Å². The molecule has 0 amide bonds. The van der Waals surface area contributed by atoms with E-state index in [1.807, 2.05) is 48.5 Å². The van der Waals surface area contributed by atoms with Crippen LogP contribution < -0.4 is 10.6 Å². The lowest BCUT2D eigenvalue weighted by atomic mass is 10.1. The summed E-state index contributed by atoms with van der Waals surface area (Å²) in [5, 5.41) is 6.48. The van der Waals surface area contributed by atoms with Gasteiger partial charge in [-0.05, 0) is 24.5 Å². The standard InChI is InChI=1S/C22H31N3O2S.HI/c1-19(21-12-7-4-8-13-21)27-16-9-14-24-22(23-2)25-15-17-28(26)18-20-10-5-3-6-11-20;/h3-8,10-13,19H,9,14-18H2,1-2H3,(H2,23,24,25);1H. The topological polar surface area (TPSA) is 62.7 Å². The molecule has 0 aromatic heterocycles. The van der Waals surface area contributed by atoms with Gasteiger partial charge in [0.1, 0.15) is 0 Å². The summed E-state index contributed by atoms with van der Waals surface area (Å²) in [6.45, 7) is 4.15. The van der Waals surface area contributed by atoms with Crippen molar-refractivity contribution in [1.82, 2.24) is 10.6 Å². The Hall–Kier alpha value is -1.45.